The van der Waals surface area contributed by atoms with E-state index < -0.39 is 0 Å². The number of nitrogens with one attached hydrogen (secondary N) is 1. The molecule has 0 radical (unpaired) electrons. The molecule has 0 saturated heterocycles. The molecule has 0 atom stereocenters. The zero-order valence-electron chi connectivity index (χ0n) is 5.92. The fourth-order valence-corrected chi connectivity index (χ4v) is 2.06. The van der Waals surface area contributed by atoms with E-state index in [-0.39, 0.29) is 5.54 Å². The molecule has 0 spiro atoms. The lowest BCUT2D eigenvalue weighted by Crippen LogP contribution is -2.23. The van der Waals surface area contributed by atoms with Crippen LogP contribution in [-0.2, 0) is 5.54 Å². The number of nitrogens with zero attached hydrogens (tertiary/aromatic N) is 1. The fraction of sp³-hybridized carbons (Fsp3) is 0.571. The van der Waals surface area contributed by atoms with Gasteiger partial charge in [-0.2, -0.15) is 0 Å². The van der Waals surface area contributed by atoms with Crippen molar-refractivity contribution in [1.29, 1.82) is 0 Å². The third-order valence-corrected chi connectivity index (χ3v) is 3.05. The summed E-state index contributed by atoms with van der Waals surface area (Å²) in [5.41, 5.74) is 0.272. The first-order chi connectivity index (χ1) is 4.87. The Balaban J connectivity index is 2.27. The molecule has 0 unspecified atom stereocenters. The minimum atomic E-state index is 0.272. The molecule has 1 aliphatic rings. The average Bonchev–Trinajstić information content (AvgIpc) is 2.58. The fourth-order valence-electron chi connectivity index (χ4n) is 1.16. The Labute approximate surface area is 64.3 Å². The van der Waals surface area contributed by atoms with E-state index in [2.05, 4.69) is 10.3 Å². The lowest BCUT2D eigenvalue weighted by molar-refractivity contribution is 0.581. The summed E-state index contributed by atoms with van der Waals surface area (Å²) in [6, 6.07) is 0. The third-order valence-electron chi connectivity index (χ3n) is 2.07. The SMILES string of the molecule is CNC1(c2nccs2)CC1. The second-order valence-corrected chi connectivity index (χ2v) is 3.56. The molecule has 1 N–H and O–H groups in total. The molecule has 1 aromatic heterocycles. The molecule has 1 heterocycles. The van der Waals surface area contributed by atoms with Gasteiger partial charge in [0.2, 0.25) is 0 Å². The zero-order valence-corrected chi connectivity index (χ0v) is 6.74. The second-order valence-electron chi connectivity index (χ2n) is 2.67. The molecule has 1 fully saturated rings. The highest BCUT2D eigenvalue weighted by molar-refractivity contribution is 7.09. The van der Waals surface area contributed by atoms with Crippen molar-refractivity contribution in [1.82, 2.24) is 10.3 Å². The molecular weight excluding hydrogens is 144 g/mol. The Kier molecular flexibility index (Phi) is 1.28. The normalized spacial score (nSPS) is 20.9. The van der Waals surface area contributed by atoms with Crippen LogP contribution in [0.5, 0.6) is 0 Å². The summed E-state index contributed by atoms with van der Waals surface area (Å²) in [4.78, 5) is 4.28. The summed E-state index contributed by atoms with van der Waals surface area (Å²) < 4.78 is 0. The summed E-state index contributed by atoms with van der Waals surface area (Å²) in [6.07, 6.45) is 4.37. The van der Waals surface area contributed by atoms with Crippen molar-refractivity contribution in [3.05, 3.63) is 16.6 Å². The Morgan fingerprint density at radius 2 is 2.50 bits per heavy atom. The van der Waals surface area contributed by atoms with Gasteiger partial charge in [-0.1, -0.05) is 0 Å². The van der Waals surface area contributed by atoms with Gasteiger partial charge in [0.25, 0.3) is 0 Å². The molecule has 1 saturated carbocycles. The molecule has 0 bridgehead atoms. The van der Waals surface area contributed by atoms with Crippen LogP contribution in [0.3, 0.4) is 0 Å². The second kappa shape index (κ2) is 2.04. The van der Waals surface area contributed by atoms with Gasteiger partial charge in [-0.05, 0) is 19.9 Å². The van der Waals surface area contributed by atoms with Gasteiger partial charge in [-0.25, -0.2) is 4.98 Å². The van der Waals surface area contributed by atoms with Crippen LogP contribution in [0.15, 0.2) is 11.6 Å². The van der Waals surface area contributed by atoms with Crippen LogP contribution in [0.25, 0.3) is 0 Å². The van der Waals surface area contributed by atoms with Crippen molar-refractivity contribution in [2.75, 3.05) is 7.05 Å². The number of aromatic nitrogens is 1. The Hall–Kier alpha value is -0.410. The Morgan fingerprint density at radius 1 is 1.70 bits per heavy atom. The molecule has 54 valence electrons. The third kappa shape index (κ3) is 0.777. The smallest absolute Gasteiger partial charge is 0.113 e. The van der Waals surface area contributed by atoms with Crippen molar-refractivity contribution in [2.45, 2.75) is 18.4 Å². The molecule has 1 aromatic rings. The van der Waals surface area contributed by atoms with Gasteiger partial charge in [-0.3, -0.25) is 0 Å². The molecule has 0 amide bonds. The summed E-state index contributed by atoms with van der Waals surface area (Å²) in [7, 11) is 2.01. The maximum absolute atomic E-state index is 4.28. The van der Waals surface area contributed by atoms with Gasteiger partial charge in [0.15, 0.2) is 0 Å². The molecule has 3 heteroatoms. The highest BCUT2D eigenvalue weighted by Crippen LogP contribution is 2.45. The van der Waals surface area contributed by atoms with E-state index in [1.54, 1.807) is 11.3 Å². The predicted molar refractivity (Wildman–Crippen MR) is 42.1 cm³/mol. The monoisotopic (exact) mass is 154 g/mol. The van der Waals surface area contributed by atoms with E-state index in [1.165, 1.54) is 17.8 Å². The zero-order chi connectivity index (χ0) is 7.03. The summed E-state index contributed by atoms with van der Waals surface area (Å²) >= 11 is 1.74. The first-order valence-electron chi connectivity index (χ1n) is 3.46. The van der Waals surface area contributed by atoms with E-state index in [4.69, 9.17) is 0 Å². The summed E-state index contributed by atoms with van der Waals surface area (Å²) in [5, 5.41) is 6.58. The number of rotatable bonds is 2. The van der Waals surface area contributed by atoms with Crippen molar-refractivity contribution in [2.24, 2.45) is 0 Å². The maximum Gasteiger partial charge on any atom is 0.113 e. The molecule has 10 heavy (non-hydrogen) atoms. The van der Waals surface area contributed by atoms with Gasteiger partial charge < -0.3 is 5.32 Å². The largest absolute Gasteiger partial charge is 0.308 e. The standard InChI is InChI=1S/C7H10N2S/c1-8-7(2-3-7)6-9-4-5-10-6/h4-5,8H,2-3H2,1H3. The van der Waals surface area contributed by atoms with Crippen LogP contribution in [0.4, 0.5) is 0 Å². The van der Waals surface area contributed by atoms with Crippen LogP contribution in [0.2, 0.25) is 0 Å². The summed E-state index contributed by atoms with van der Waals surface area (Å²) in [6.45, 7) is 0. The van der Waals surface area contributed by atoms with Crippen LogP contribution in [0.1, 0.15) is 17.8 Å². The van der Waals surface area contributed by atoms with Gasteiger partial charge in [-0.15, -0.1) is 11.3 Å². The van der Waals surface area contributed by atoms with Crippen molar-refractivity contribution < 1.29 is 0 Å². The Bertz CT molecular complexity index is 214. The first kappa shape index (κ1) is 6.31. The molecule has 2 nitrogen and oxygen atoms in total. The minimum absolute atomic E-state index is 0.272. The lowest BCUT2D eigenvalue weighted by atomic mass is 10.3. The van der Waals surface area contributed by atoms with Gasteiger partial charge in [0.05, 0.1) is 5.54 Å². The van der Waals surface area contributed by atoms with E-state index >= 15 is 0 Å². The highest BCUT2D eigenvalue weighted by atomic mass is 32.1. The highest BCUT2D eigenvalue weighted by Gasteiger charge is 2.44. The van der Waals surface area contributed by atoms with Gasteiger partial charge in [0.1, 0.15) is 5.01 Å². The van der Waals surface area contributed by atoms with E-state index in [1.807, 2.05) is 18.6 Å². The Morgan fingerprint density at radius 3 is 2.90 bits per heavy atom. The average molecular weight is 154 g/mol. The first-order valence-corrected chi connectivity index (χ1v) is 4.34. The molecule has 2 rings (SSSR count). The topological polar surface area (TPSA) is 24.9 Å². The molecular formula is C7H10N2S. The van der Waals surface area contributed by atoms with Crippen LogP contribution >= 0.6 is 11.3 Å². The van der Waals surface area contributed by atoms with Crippen molar-refractivity contribution in [3.63, 3.8) is 0 Å². The van der Waals surface area contributed by atoms with Gasteiger partial charge >= 0.3 is 0 Å². The predicted octanol–water partition coefficient (Wildman–Crippen LogP) is 1.35. The minimum Gasteiger partial charge on any atom is -0.308 e. The molecule has 1 aliphatic carbocycles. The van der Waals surface area contributed by atoms with Crippen LogP contribution < -0.4 is 5.32 Å². The van der Waals surface area contributed by atoms with Crippen LogP contribution in [0, 0.1) is 0 Å². The quantitative estimate of drug-likeness (QED) is 0.695. The lowest BCUT2D eigenvalue weighted by Gasteiger charge is -2.08. The van der Waals surface area contributed by atoms with E-state index in [0.717, 1.165) is 0 Å². The van der Waals surface area contributed by atoms with E-state index in [9.17, 15) is 0 Å². The van der Waals surface area contributed by atoms with Crippen molar-refractivity contribution in [3.8, 4) is 0 Å². The molecule has 0 aliphatic heterocycles. The number of thiazole rings is 1. The maximum atomic E-state index is 4.28. The number of hydrogen-bond acceptors (Lipinski definition) is 3. The summed E-state index contributed by atoms with van der Waals surface area (Å²) in [5.74, 6) is 0. The van der Waals surface area contributed by atoms with Gasteiger partial charge in [0, 0.05) is 11.6 Å². The van der Waals surface area contributed by atoms with Crippen LogP contribution in [-0.4, -0.2) is 12.0 Å². The van der Waals surface area contributed by atoms with E-state index in [0.29, 0.717) is 0 Å². The van der Waals surface area contributed by atoms with Crippen molar-refractivity contribution >= 4 is 11.3 Å². The molecule has 0 aromatic carbocycles. The number of hydrogen-bond donors (Lipinski definition) is 1.